The number of rotatable bonds is 5. The fraction of sp³-hybridized carbons (Fsp3) is 0.192. The molecular weight excluding hydrogens is 483 g/mol. The van der Waals surface area contributed by atoms with Gasteiger partial charge >= 0.3 is 0 Å². The van der Waals surface area contributed by atoms with Crippen LogP contribution in [0.25, 0.3) is 27.8 Å². The first-order chi connectivity index (χ1) is 17.5. The van der Waals surface area contributed by atoms with E-state index in [2.05, 4.69) is 25.2 Å². The van der Waals surface area contributed by atoms with Gasteiger partial charge in [0, 0.05) is 31.4 Å². The van der Waals surface area contributed by atoms with E-state index in [4.69, 9.17) is 16.3 Å². The summed E-state index contributed by atoms with van der Waals surface area (Å²) in [6.07, 6.45) is 2.88. The molecular formula is C26H22ClFN6O2. The van der Waals surface area contributed by atoms with Gasteiger partial charge in [-0.1, -0.05) is 23.7 Å². The Kier molecular flexibility index (Phi) is 5.58. The van der Waals surface area contributed by atoms with E-state index in [0.717, 1.165) is 30.9 Å². The Balaban J connectivity index is 1.25. The first kappa shape index (κ1) is 22.5. The normalized spacial score (nSPS) is 15.8. The van der Waals surface area contributed by atoms with Gasteiger partial charge in [-0.3, -0.25) is 14.5 Å². The first-order valence-electron chi connectivity index (χ1n) is 11.5. The number of amides is 1. The lowest BCUT2D eigenvalue weighted by molar-refractivity contribution is 0.102. The standard InChI is InChI=1S/C26H22ClFN6O2/c1-36-19-7-8-33(13-19)24-4-2-3-23-29-22(14-34(23)24)25(35)32-26-30-20-6-5-15(11-21(20)31-26)16-9-17(27)12-18(28)10-16/h2-6,9-12,14,19H,7-8,13H2,1H3,(H2,30,31,32,35)/t19-/m1/s1. The third-order valence-electron chi connectivity index (χ3n) is 6.42. The summed E-state index contributed by atoms with van der Waals surface area (Å²) in [5, 5.41) is 3.12. The lowest BCUT2D eigenvalue weighted by Crippen LogP contribution is -2.24. The zero-order valence-electron chi connectivity index (χ0n) is 19.3. The van der Waals surface area contributed by atoms with Crippen LogP contribution in [0.1, 0.15) is 16.9 Å². The molecule has 1 aliphatic rings. The van der Waals surface area contributed by atoms with Crippen LogP contribution in [0.2, 0.25) is 5.02 Å². The van der Waals surface area contributed by atoms with Crippen molar-refractivity contribution in [1.82, 2.24) is 19.4 Å². The Hall–Kier alpha value is -3.95. The van der Waals surface area contributed by atoms with E-state index >= 15 is 0 Å². The van der Waals surface area contributed by atoms with Crippen LogP contribution < -0.4 is 10.2 Å². The van der Waals surface area contributed by atoms with E-state index < -0.39 is 5.82 Å². The smallest absolute Gasteiger partial charge is 0.278 e. The van der Waals surface area contributed by atoms with Crippen LogP contribution >= 0.6 is 11.6 Å². The minimum Gasteiger partial charge on any atom is -0.380 e. The van der Waals surface area contributed by atoms with Crippen molar-refractivity contribution >= 4 is 46.0 Å². The highest BCUT2D eigenvalue weighted by Gasteiger charge is 2.24. The van der Waals surface area contributed by atoms with E-state index in [9.17, 15) is 9.18 Å². The van der Waals surface area contributed by atoms with Crippen molar-refractivity contribution in [2.75, 3.05) is 30.4 Å². The molecule has 1 aliphatic heterocycles. The summed E-state index contributed by atoms with van der Waals surface area (Å²) in [5.41, 5.74) is 3.74. The van der Waals surface area contributed by atoms with Gasteiger partial charge in [0.05, 0.1) is 17.1 Å². The Bertz CT molecular complexity index is 1590. The van der Waals surface area contributed by atoms with Gasteiger partial charge in [0.2, 0.25) is 5.95 Å². The van der Waals surface area contributed by atoms with Crippen molar-refractivity contribution in [2.24, 2.45) is 0 Å². The molecule has 4 heterocycles. The van der Waals surface area contributed by atoms with E-state index in [-0.39, 0.29) is 17.7 Å². The number of hydrogen-bond donors (Lipinski definition) is 2. The second-order valence-corrected chi connectivity index (χ2v) is 9.20. The maximum atomic E-state index is 13.8. The molecule has 182 valence electrons. The number of nitrogens with one attached hydrogen (secondary N) is 2. The van der Waals surface area contributed by atoms with E-state index in [1.165, 1.54) is 12.1 Å². The lowest BCUT2D eigenvalue weighted by atomic mass is 10.1. The topological polar surface area (TPSA) is 87.5 Å². The van der Waals surface area contributed by atoms with Gasteiger partial charge < -0.3 is 14.6 Å². The fourth-order valence-corrected chi connectivity index (χ4v) is 4.85. The highest BCUT2D eigenvalue weighted by atomic mass is 35.5. The second-order valence-electron chi connectivity index (χ2n) is 8.76. The van der Waals surface area contributed by atoms with Crippen molar-refractivity contribution in [3.05, 3.63) is 77.3 Å². The quantitative estimate of drug-likeness (QED) is 0.346. The monoisotopic (exact) mass is 504 g/mol. The zero-order chi connectivity index (χ0) is 24.8. The molecule has 0 aliphatic carbocycles. The second kappa shape index (κ2) is 8.92. The average molecular weight is 505 g/mol. The number of imidazole rings is 2. The summed E-state index contributed by atoms with van der Waals surface area (Å²) < 4.78 is 21.2. The highest BCUT2D eigenvalue weighted by Crippen LogP contribution is 2.28. The van der Waals surface area contributed by atoms with Gasteiger partial charge in [-0.2, -0.15) is 0 Å². The molecule has 2 aromatic carbocycles. The Morgan fingerprint density at radius 1 is 1.17 bits per heavy atom. The summed E-state index contributed by atoms with van der Waals surface area (Å²) in [7, 11) is 1.73. The van der Waals surface area contributed by atoms with Crippen LogP contribution in [0.15, 0.2) is 60.8 Å². The third-order valence-corrected chi connectivity index (χ3v) is 6.63. The number of anilines is 2. The SMILES string of the molecule is CO[C@@H]1CCN(c2cccc3nc(C(=O)Nc4nc5ccc(-c6cc(F)cc(Cl)c6)cc5[nH]4)cn23)C1. The maximum Gasteiger partial charge on any atom is 0.278 e. The number of aromatic amines is 1. The number of hydrogen-bond acceptors (Lipinski definition) is 5. The molecule has 1 amide bonds. The number of H-pyrrole nitrogens is 1. The Labute approximate surface area is 210 Å². The van der Waals surface area contributed by atoms with Gasteiger partial charge in [0.15, 0.2) is 0 Å². The molecule has 0 radical (unpaired) electrons. The summed E-state index contributed by atoms with van der Waals surface area (Å²) in [6.45, 7) is 1.66. The molecule has 2 N–H and O–H groups in total. The number of carbonyl (C=O) groups is 1. The molecule has 10 heteroatoms. The van der Waals surface area contributed by atoms with E-state index in [0.29, 0.717) is 33.2 Å². The minimum absolute atomic E-state index is 0.193. The van der Waals surface area contributed by atoms with Crippen molar-refractivity contribution in [2.45, 2.75) is 12.5 Å². The van der Waals surface area contributed by atoms with E-state index in [1.54, 1.807) is 25.4 Å². The van der Waals surface area contributed by atoms with Gasteiger partial charge in [0.25, 0.3) is 5.91 Å². The van der Waals surface area contributed by atoms with Gasteiger partial charge in [-0.25, -0.2) is 14.4 Å². The third kappa shape index (κ3) is 4.16. The lowest BCUT2D eigenvalue weighted by Gasteiger charge is -2.19. The minimum atomic E-state index is -0.408. The van der Waals surface area contributed by atoms with Crippen LogP contribution in [0, 0.1) is 5.82 Å². The van der Waals surface area contributed by atoms with Gasteiger partial charge in [-0.05, 0) is 60.0 Å². The number of benzene rings is 2. The molecule has 0 bridgehead atoms. The van der Waals surface area contributed by atoms with Gasteiger partial charge in [0.1, 0.15) is 23.0 Å². The van der Waals surface area contributed by atoms with Gasteiger partial charge in [-0.15, -0.1) is 0 Å². The predicted octanol–water partition coefficient (Wildman–Crippen LogP) is 5.15. The summed E-state index contributed by atoms with van der Waals surface area (Å²) in [6, 6.07) is 15.7. The van der Waals surface area contributed by atoms with Crippen molar-refractivity contribution < 1.29 is 13.9 Å². The molecule has 36 heavy (non-hydrogen) atoms. The van der Waals surface area contributed by atoms with Crippen molar-refractivity contribution in [1.29, 1.82) is 0 Å². The largest absolute Gasteiger partial charge is 0.380 e. The Morgan fingerprint density at radius 2 is 2.06 bits per heavy atom. The van der Waals surface area contributed by atoms with E-state index in [1.807, 2.05) is 34.7 Å². The molecule has 0 saturated carbocycles. The molecule has 1 fully saturated rings. The zero-order valence-corrected chi connectivity index (χ0v) is 20.1. The van der Waals surface area contributed by atoms with Crippen LogP contribution in [0.4, 0.5) is 16.2 Å². The number of carbonyl (C=O) groups excluding carboxylic acids is 1. The number of halogens is 2. The molecule has 3 aromatic heterocycles. The predicted molar refractivity (Wildman–Crippen MR) is 137 cm³/mol. The summed E-state index contributed by atoms with van der Waals surface area (Å²) in [5.74, 6) is 0.475. The number of ether oxygens (including phenoxy) is 1. The van der Waals surface area contributed by atoms with Crippen molar-refractivity contribution in [3.63, 3.8) is 0 Å². The molecule has 0 spiro atoms. The number of aromatic nitrogens is 4. The van der Waals surface area contributed by atoms with Crippen molar-refractivity contribution in [3.8, 4) is 11.1 Å². The first-order valence-corrected chi connectivity index (χ1v) is 11.9. The highest BCUT2D eigenvalue weighted by molar-refractivity contribution is 6.30. The molecule has 1 atom stereocenters. The van der Waals surface area contributed by atoms with Crippen LogP contribution in [0.3, 0.4) is 0 Å². The van der Waals surface area contributed by atoms with Crippen LogP contribution in [-0.4, -0.2) is 51.6 Å². The summed E-state index contributed by atoms with van der Waals surface area (Å²) >= 11 is 6.00. The maximum absolute atomic E-state index is 13.8. The molecule has 8 nitrogen and oxygen atoms in total. The average Bonchev–Trinajstić information content (AvgIpc) is 3.59. The molecule has 0 unspecified atom stereocenters. The number of methoxy groups -OCH3 is 1. The molecule has 5 aromatic rings. The van der Waals surface area contributed by atoms with Crippen LogP contribution in [0.5, 0.6) is 0 Å². The molecule has 6 rings (SSSR count). The summed E-state index contributed by atoms with van der Waals surface area (Å²) in [4.78, 5) is 27.3. The fourth-order valence-electron chi connectivity index (χ4n) is 4.63. The van der Waals surface area contributed by atoms with Crippen LogP contribution in [-0.2, 0) is 4.74 Å². The Morgan fingerprint density at radius 3 is 2.86 bits per heavy atom. The number of pyridine rings is 1. The number of nitrogens with zero attached hydrogens (tertiary/aromatic N) is 4. The molecule has 1 saturated heterocycles. The number of fused-ring (bicyclic) bond motifs is 2.